The van der Waals surface area contributed by atoms with Gasteiger partial charge in [-0.1, -0.05) is 0 Å². The number of imidazole rings is 1. The second-order valence-corrected chi connectivity index (χ2v) is 6.95. The van der Waals surface area contributed by atoms with Crippen molar-refractivity contribution in [2.75, 3.05) is 20.3 Å². The third-order valence-electron chi connectivity index (χ3n) is 4.92. The van der Waals surface area contributed by atoms with E-state index in [9.17, 15) is 0 Å². The van der Waals surface area contributed by atoms with Crippen molar-refractivity contribution in [1.29, 1.82) is 5.41 Å². The zero-order chi connectivity index (χ0) is 20.2. The highest BCUT2D eigenvalue weighted by Crippen LogP contribution is 2.30. The molecule has 29 heavy (non-hydrogen) atoms. The molecular formula is C21H24N6O2. The van der Waals surface area contributed by atoms with E-state index in [1.54, 1.807) is 13.2 Å². The average molecular weight is 392 g/mol. The van der Waals surface area contributed by atoms with Gasteiger partial charge < -0.3 is 25.2 Å². The summed E-state index contributed by atoms with van der Waals surface area (Å²) in [7, 11) is 1.78. The molecular weight excluding hydrogens is 368 g/mol. The van der Waals surface area contributed by atoms with Gasteiger partial charge >= 0.3 is 0 Å². The Hall–Kier alpha value is -3.26. The predicted molar refractivity (Wildman–Crippen MR) is 112 cm³/mol. The van der Waals surface area contributed by atoms with Crippen LogP contribution in [0, 0.1) is 12.3 Å². The molecule has 8 heteroatoms. The molecule has 8 nitrogen and oxygen atoms in total. The van der Waals surface area contributed by atoms with E-state index in [0.29, 0.717) is 22.6 Å². The normalized spacial score (nSPS) is 15.4. The molecule has 1 aliphatic rings. The summed E-state index contributed by atoms with van der Waals surface area (Å²) in [6.45, 7) is 3.54. The second-order valence-electron chi connectivity index (χ2n) is 6.95. The first-order valence-electron chi connectivity index (χ1n) is 9.64. The van der Waals surface area contributed by atoms with Crippen LogP contribution in [-0.4, -0.2) is 52.5 Å². The molecule has 3 aromatic rings. The molecule has 1 aromatic carbocycles. The molecule has 1 aliphatic heterocycles. The summed E-state index contributed by atoms with van der Waals surface area (Å²) >= 11 is 0. The molecule has 0 bridgehead atoms. The maximum atomic E-state index is 7.60. The Balaban J connectivity index is 1.67. The Morgan fingerprint density at radius 2 is 2.14 bits per heavy atom. The van der Waals surface area contributed by atoms with Gasteiger partial charge in [0.2, 0.25) is 0 Å². The third-order valence-corrected chi connectivity index (χ3v) is 4.92. The van der Waals surface area contributed by atoms with Crippen LogP contribution in [0.1, 0.15) is 24.2 Å². The molecule has 2 aromatic heterocycles. The van der Waals surface area contributed by atoms with Crippen molar-refractivity contribution in [1.82, 2.24) is 25.3 Å². The van der Waals surface area contributed by atoms with E-state index in [1.807, 2.05) is 19.1 Å². The van der Waals surface area contributed by atoms with Crippen molar-refractivity contribution in [3.05, 3.63) is 42.1 Å². The molecule has 0 radical (unpaired) electrons. The van der Waals surface area contributed by atoms with Gasteiger partial charge in [-0.3, -0.25) is 0 Å². The predicted octanol–water partition coefficient (Wildman–Crippen LogP) is 3.10. The standard InChI is InChI=1S/C21H24N6O2/c1-13-9-14(3-4-17(13)29-16-5-7-28-8-6-16)18-19-21(25-12-24-18)27-20(26-19)15(10-22)11-23-2/h3-4,9-12,16,22-23H,5-8H2,1-2H3,(H,24,25,26,27)/b15-11+,22-10?. The van der Waals surface area contributed by atoms with Crippen molar-refractivity contribution >= 4 is 23.0 Å². The number of aromatic nitrogens is 4. The molecule has 0 unspecified atom stereocenters. The lowest BCUT2D eigenvalue weighted by Gasteiger charge is -2.24. The Labute approximate surface area is 168 Å². The summed E-state index contributed by atoms with van der Waals surface area (Å²) < 4.78 is 11.6. The maximum absolute atomic E-state index is 7.60. The van der Waals surface area contributed by atoms with Crippen LogP contribution in [0.4, 0.5) is 0 Å². The van der Waals surface area contributed by atoms with Crippen LogP contribution in [0.5, 0.6) is 5.75 Å². The van der Waals surface area contributed by atoms with Crippen molar-refractivity contribution in [2.24, 2.45) is 0 Å². The summed E-state index contributed by atoms with van der Waals surface area (Å²) in [6.07, 6.45) is 6.51. The van der Waals surface area contributed by atoms with Gasteiger partial charge in [-0.2, -0.15) is 0 Å². The van der Waals surface area contributed by atoms with Crippen molar-refractivity contribution in [3.8, 4) is 17.0 Å². The van der Waals surface area contributed by atoms with Crippen molar-refractivity contribution in [2.45, 2.75) is 25.9 Å². The van der Waals surface area contributed by atoms with Crippen LogP contribution < -0.4 is 10.1 Å². The smallest absolute Gasteiger partial charge is 0.161 e. The van der Waals surface area contributed by atoms with Crippen LogP contribution in [-0.2, 0) is 4.74 Å². The van der Waals surface area contributed by atoms with Gasteiger partial charge in [0.25, 0.3) is 0 Å². The molecule has 0 amide bonds. The zero-order valence-corrected chi connectivity index (χ0v) is 16.5. The Kier molecular flexibility index (Phi) is 5.53. The Morgan fingerprint density at radius 1 is 1.31 bits per heavy atom. The van der Waals surface area contributed by atoms with Gasteiger partial charge in [0.15, 0.2) is 5.65 Å². The number of rotatable bonds is 6. The van der Waals surface area contributed by atoms with E-state index in [-0.39, 0.29) is 6.10 Å². The minimum absolute atomic E-state index is 0.200. The maximum Gasteiger partial charge on any atom is 0.161 e. The first kappa shape index (κ1) is 19.1. The first-order chi connectivity index (χ1) is 14.2. The SMILES string of the molecule is CN/C=C(\C=N)c1nc2c(-c3ccc(OC4CCOCC4)c(C)c3)ncnc2[nH]1. The minimum atomic E-state index is 0.200. The van der Waals surface area contributed by atoms with E-state index < -0.39 is 0 Å². The number of ether oxygens (including phenoxy) is 2. The van der Waals surface area contributed by atoms with E-state index in [2.05, 4.69) is 31.3 Å². The van der Waals surface area contributed by atoms with Crippen LogP contribution >= 0.6 is 0 Å². The number of H-pyrrole nitrogens is 1. The largest absolute Gasteiger partial charge is 0.490 e. The zero-order valence-electron chi connectivity index (χ0n) is 16.5. The first-order valence-corrected chi connectivity index (χ1v) is 9.64. The van der Waals surface area contributed by atoms with Crippen LogP contribution in [0.2, 0.25) is 0 Å². The number of hydrogen-bond acceptors (Lipinski definition) is 7. The molecule has 3 N–H and O–H groups in total. The third kappa shape index (κ3) is 3.97. The summed E-state index contributed by atoms with van der Waals surface area (Å²) in [5, 5.41) is 10.5. The highest BCUT2D eigenvalue weighted by atomic mass is 16.5. The van der Waals surface area contributed by atoms with Crippen LogP contribution in [0.25, 0.3) is 28.0 Å². The van der Waals surface area contributed by atoms with Gasteiger partial charge in [0.1, 0.15) is 35.2 Å². The quantitative estimate of drug-likeness (QED) is 0.556. The fraction of sp³-hybridized carbons (Fsp3) is 0.333. The summed E-state index contributed by atoms with van der Waals surface area (Å²) in [5.41, 5.74) is 4.67. The van der Waals surface area contributed by atoms with E-state index in [0.717, 1.165) is 48.6 Å². The molecule has 3 heterocycles. The summed E-state index contributed by atoms with van der Waals surface area (Å²) in [6, 6.07) is 6.05. The highest BCUT2D eigenvalue weighted by molar-refractivity contribution is 6.07. The summed E-state index contributed by atoms with van der Waals surface area (Å²) in [4.78, 5) is 16.6. The number of benzene rings is 1. The number of allylic oxidation sites excluding steroid dienone is 1. The fourth-order valence-electron chi connectivity index (χ4n) is 3.41. The van der Waals surface area contributed by atoms with Crippen LogP contribution in [0.15, 0.2) is 30.7 Å². The molecule has 0 aliphatic carbocycles. The number of hydrogen-bond donors (Lipinski definition) is 3. The lowest BCUT2D eigenvalue weighted by atomic mass is 10.1. The van der Waals surface area contributed by atoms with Gasteiger partial charge in [0, 0.05) is 37.9 Å². The van der Waals surface area contributed by atoms with E-state index in [4.69, 9.17) is 14.9 Å². The number of fused-ring (bicyclic) bond motifs is 1. The fourth-order valence-corrected chi connectivity index (χ4v) is 3.41. The lowest BCUT2D eigenvalue weighted by Crippen LogP contribution is -2.26. The van der Waals surface area contributed by atoms with Gasteiger partial charge in [0.05, 0.1) is 18.8 Å². The minimum Gasteiger partial charge on any atom is -0.490 e. The average Bonchev–Trinajstić information content (AvgIpc) is 3.18. The second kappa shape index (κ2) is 8.40. The van der Waals surface area contributed by atoms with Crippen molar-refractivity contribution < 1.29 is 9.47 Å². The number of aromatic amines is 1. The van der Waals surface area contributed by atoms with Gasteiger partial charge in [-0.25, -0.2) is 15.0 Å². The topological polar surface area (TPSA) is 109 Å². The monoisotopic (exact) mass is 392 g/mol. The molecule has 0 spiro atoms. The van der Waals surface area contributed by atoms with Gasteiger partial charge in [-0.15, -0.1) is 0 Å². The molecule has 4 rings (SSSR count). The van der Waals surface area contributed by atoms with E-state index in [1.165, 1.54) is 12.5 Å². The Morgan fingerprint density at radius 3 is 2.86 bits per heavy atom. The highest BCUT2D eigenvalue weighted by Gasteiger charge is 2.18. The lowest BCUT2D eigenvalue weighted by molar-refractivity contribution is 0.0253. The molecule has 1 fully saturated rings. The molecule has 0 saturated carbocycles. The molecule has 1 saturated heterocycles. The number of nitrogens with zero attached hydrogens (tertiary/aromatic N) is 3. The number of aryl methyl sites for hydroxylation is 1. The molecule has 150 valence electrons. The Bertz CT molecular complexity index is 1050. The molecule has 0 atom stereocenters. The summed E-state index contributed by atoms with van der Waals surface area (Å²) in [5.74, 6) is 1.46. The van der Waals surface area contributed by atoms with Gasteiger partial charge in [-0.05, 0) is 30.7 Å². The van der Waals surface area contributed by atoms with Crippen LogP contribution in [0.3, 0.4) is 0 Å². The van der Waals surface area contributed by atoms with E-state index >= 15 is 0 Å². The number of nitrogens with one attached hydrogen (secondary N) is 3. The van der Waals surface area contributed by atoms with Crippen molar-refractivity contribution in [3.63, 3.8) is 0 Å².